The number of rotatable bonds is 6. The highest BCUT2D eigenvalue weighted by Gasteiger charge is 2.14. The molecule has 28 heavy (non-hydrogen) atoms. The molecule has 3 rings (SSSR count). The van der Waals surface area contributed by atoms with Crippen LogP contribution in [0.5, 0.6) is 0 Å². The maximum atomic E-state index is 13.1. The van der Waals surface area contributed by atoms with E-state index in [2.05, 4.69) is 10.0 Å². The van der Waals surface area contributed by atoms with E-state index in [-0.39, 0.29) is 28.9 Å². The van der Waals surface area contributed by atoms with Gasteiger partial charge in [-0.15, -0.1) is 0 Å². The fourth-order valence-electron chi connectivity index (χ4n) is 2.45. The lowest BCUT2D eigenvalue weighted by atomic mass is 10.2. The summed E-state index contributed by atoms with van der Waals surface area (Å²) in [5.41, 5.74) is 1.20. The second kappa shape index (κ2) is 8.18. The lowest BCUT2D eigenvalue weighted by Gasteiger charge is -2.09. The van der Waals surface area contributed by atoms with E-state index >= 15 is 0 Å². The van der Waals surface area contributed by atoms with Gasteiger partial charge in [0, 0.05) is 17.8 Å². The monoisotopic (exact) mass is 402 g/mol. The van der Waals surface area contributed by atoms with Crippen molar-refractivity contribution in [2.75, 3.05) is 4.72 Å². The number of carbonyl (C=O) groups is 1. The molecule has 0 unspecified atom stereocenters. The number of nitrogens with one attached hydrogen (secondary N) is 2. The van der Waals surface area contributed by atoms with Crippen molar-refractivity contribution in [2.45, 2.75) is 11.4 Å². The molecule has 0 heterocycles. The molecule has 0 saturated carbocycles. The molecule has 2 N–H and O–H groups in total. The summed E-state index contributed by atoms with van der Waals surface area (Å²) in [4.78, 5) is 12.1. The Labute approximate surface area is 161 Å². The van der Waals surface area contributed by atoms with Crippen molar-refractivity contribution in [1.82, 2.24) is 5.32 Å². The number of sulfonamides is 1. The Kier molecular flexibility index (Phi) is 5.70. The quantitative estimate of drug-likeness (QED) is 0.660. The fraction of sp³-hybridized carbons (Fsp3) is 0.0500. The van der Waals surface area contributed by atoms with Gasteiger partial charge in [-0.1, -0.05) is 12.1 Å². The number of hydrogen-bond acceptors (Lipinski definition) is 3. The zero-order valence-corrected chi connectivity index (χ0v) is 15.3. The van der Waals surface area contributed by atoms with Crippen molar-refractivity contribution in [3.63, 3.8) is 0 Å². The molecule has 0 aromatic heterocycles. The fourth-order valence-corrected chi connectivity index (χ4v) is 3.51. The summed E-state index contributed by atoms with van der Waals surface area (Å²) in [5.74, 6) is -1.30. The molecule has 0 radical (unpaired) electrons. The van der Waals surface area contributed by atoms with Gasteiger partial charge in [0.25, 0.3) is 15.9 Å². The third kappa shape index (κ3) is 4.92. The zero-order valence-electron chi connectivity index (χ0n) is 14.5. The van der Waals surface area contributed by atoms with Gasteiger partial charge in [-0.3, -0.25) is 9.52 Å². The van der Waals surface area contributed by atoms with Crippen LogP contribution in [0.15, 0.2) is 77.7 Å². The van der Waals surface area contributed by atoms with E-state index in [0.717, 1.165) is 24.3 Å². The van der Waals surface area contributed by atoms with Gasteiger partial charge in [0.2, 0.25) is 0 Å². The standard InChI is InChI=1S/C20H16F2N2O3S/c21-16-6-10-19(11-7-16)28(26,27)24-18-8-4-15(5-9-18)20(25)23-13-14-2-1-3-17(22)12-14/h1-12,24H,13H2,(H,23,25). The van der Waals surface area contributed by atoms with Crippen molar-refractivity contribution in [2.24, 2.45) is 0 Å². The topological polar surface area (TPSA) is 75.3 Å². The molecule has 0 spiro atoms. The molecule has 0 bridgehead atoms. The summed E-state index contributed by atoms with van der Waals surface area (Å²) in [7, 11) is -3.87. The highest BCUT2D eigenvalue weighted by molar-refractivity contribution is 7.92. The highest BCUT2D eigenvalue weighted by Crippen LogP contribution is 2.17. The Morgan fingerprint density at radius 2 is 1.54 bits per heavy atom. The second-order valence-corrected chi connectivity index (χ2v) is 7.63. The molecule has 0 aliphatic carbocycles. The van der Waals surface area contributed by atoms with E-state index in [1.54, 1.807) is 12.1 Å². The van der Waals surface area contributed by atoms with Crippen LogP contribution in [0.25, 0.3) is 0 Å². The molecule has 8 heteroatoms. The van der Waals surface area contributed by atoms with Crippen LogP contribution in [0.4, 0.5) is 14.5 Å². The largest absolute Gasteiger partial charge is 0.348 e. The first-order chi connectivity index (χ1) is 13.3. The molecule has 0 aliphatic rings. The minimum atomic E-state index is -3.87. The Morgan fingerprint density at radius 3 is 2.18 bits per heavy atom. The lowest BCUT2D eigenvalue weighted by Crippen LogP contribution is -2.22. The Balaban J connectivity index is 1.64. The SMILES string of the molecule is O=C(NCc1cccc(F)c1)c1ccc(NS(=O)(=O)c2ccc(F)cc2)cc1. The van der Waals surface area contributed by atoms with E-state index in [4.69, 9.17) is 0 Å². The molecule has 3 aromatic rings. The Bertz CT molecular complexity index is 1080. The third-order valence-electron chi connectivity index (χ3n) is 3.87. The van der Waals surface area contributed by atoms with E-state index in [1.807, 2.05) is 0 Å². The van der Waals surface area contributed by atoms with Gasteiger partial charge in [-0.25, -0.2) is 17.2 Å². The number of amides is 1. The molecule has 0 fully saturated rings. The van der Waals surface area contributed by atoms with Crippen LogP contribution in [0, 0.1) is 11.6 Å². The molecule has 1 amide bonds. The first kappa shape index (κ1) is 19.5. The van der Waals surface area contributed by atoms with Crippen LogP contribution in [-0.4, -0.2) is 14.3 Å². The summed E-state index contributed by atoms with van der Waals surface area (Å²) >= 11 is 0. The number of benzene rings is 3. The van der Waals surface area contributed by atoms with Crippen LogP contribution in [0.1, 0.15) is 15.9 Å². The maximum Gasteiger partial charge on any atom is 0.261 e. The minimum Gasteiger partial charge on any atom is -0.348 e. The molecule has 5 nitrogen and oxygen atoms in total. The number of anilines is 1. The van der Waals surface area contributed by atoms with Crippen molar-refractivity contribution < 1.29 is 22.0 Å². The highest BCUT2D eigenvalue weighted by atomic mass is 32.2. The van der Waals surface area contributed by atoms with Gasteiger partial charge < -0.3 is 5.32 Å². The second-order valence-electron chi connectivity index (χ2n) is 5.95. The number of carbonyl (C=O) groups excluding carboxylic acids is 1. The van der Waals surface area contributed by atoms with Gasteiger partial charge in [-0.05, 0) is 66.2 Å². The van der Waals surface area contributed by atoms with E-state index in [9.17, 15) is 22.0 Å². The molecular formula is C20H16F2N2O3S. The lowest BCUT2D eigenvalue weighted by molar-refractivity contribution is 0.0951. The van der Waals surface area contributed by atoms with Crippen molar-refractivity contribution in [3.8, 4) is 0 Å². The molecular weight excluding hydrogens is 386 g/mol. The Morgan fingerprint density at radius 1 is 0.857 bits per heavy atom. The van der Waals surface area contributed by atoms with Crippen LogP contribution >= 0.6 is 0 Å². The summed E-state index contributed by atoms with van der Waals surface area (Å²) in [5, 5.41) is 2.66. The van der Waals surface area contributed by atoms with Crippen LogP contribution in [-0.2, 0) is 16.6 Å². The predicted molar refractivity (Wildman–Crippen MR) is 101 cm³/mol. The average Bonchev–Trinajstić information content (AvgIpc) is 2.67. The molecule has 3 aromatic carbocycles. The number of halogens is 2. The zero-order chi connectivity index (χ0) is 20.1. The number of hydrogen-bond donors (Lipinski definition) is 2. The summed E-state index contributed by atoms with van der Waals surface area (Å²) in [6.45, 7) is 0.162. The summed E-state index contributed by atoms with van der Waals surface area (Å²) in [6.07, 6.45) is 0. The summed E-state index contributed by atoms with van der Waals surface area (Å²) < 4.78 is 53.0. The normalized spacial score (nSPS) is 11.1. The maximum absolute atomic E-state index is 13.1. The van der Waals surface area contributed by atoms with Crippen LogP contribution < -0.4 is 10.0 Å². The van der Waals surface area contributed by atoms with Crippen LogP contribution in [0.2, 0.25) is 0 Å². The molecule has 0 aliphatic heterocycles. The van der Waals surface area contributed by atoms with Gasteiger partial charge in [0.05, 0.1) is 4.90 Å². The third-order valence-corrected chi connectivity index (χ3v) is 5.26. The summed E-state index contributed by atoms with van der Waals surface area (Å²) in [6, 6.07) is 16.1. The smallest absolute Gasteiger partial charge is 0.261 e. The molecule has 0 atom stereocenters. The molecule has 144 valence electrons. The van der Waals surface area contributed by atoms with Gasteiger partial charge in [0.15, 0.2) is 0 Å². The van der Waals surface area contributed by atoms with E-state index in [0.29, 0.717) is 11.1 Å². The van der Waals surface area contributed by atoms with E-state index < -0.39 is 15.8 Å². The van der Waals surface area contributed by atoms with Gasteiger partial charge in [0.1, 0.15) is 11.6 Å². The average molecular weight is 402 g/mol. The van der Waals surface area contributed by atoms with Crippen molar-refractivity contribution in [1.29, 1.82) is 0 Å². The van der Waals surface area contributed by atoms with Gasteiger partial charge in [-0.2, -0.15) is 0 Å². The minimum absolute atomic E-state index is 0.0780. The van der Waals surface area contributed by atoms with Crippen molar-refractivity contribution in [3.05, 3.63) is 95.6 Å². The first-order valence-corrected chi connectivity index (χ1v) is 9.73. The van der Waals surface area contributed by atoms with E-state index in [1.165, 1.54) is 36.4 Å². The molecule has 0 saturated heterocycles. The first-order valence-electron chi connectivity index (χ1n) is 8.24. The van der Waals surface area contributed by atoms with Crippen LogP contribution in [0.3, 0.4) is 0 Å². The predicted octanol–water partition coefficient (Wildman–Crippen LogP) is 3.70. The van der Waals surface area contributed by atoms with Gasteiger partial charge >= 0.3 is 0 Å². The Hall–Kier alpha value is -3.26. The van der Waals surface area contributed by atoms with Crippen molar-refractivity contribution >= 4 is 21.6 Å².